The van der Waals surface area contributed by atoms with Crippen LogP contribution in [0.1, 0.15) is 37.1 Å². The maximum absolute atomic E-state index is 6.12. The average Bonchev–Trinajstić information content (AvgIpc) is 3.24. The Morgan fingerprint density at radius 3 is 2.38 bits per heavy atom. The van der Waals surface area contributed by atoms with Crippen molar-refractivity contribution in [2.24, 2.45) is 0 Å². The zero-order valence-corrected chi connectivity index (χ0v) is 13.6. The highest BCUT2D eigenvalue weighted by Crippen LogP contribution is 2.40. The minimum Gasteiger partial charge on any atom is -0.370 e. The molecular weight excluding hydrogens is 305 g/mol. The van der Waals surface area contributed by atoms with E-state index in [1.807, 2.05) is 19.1 Å². The molecule has 0 saturated heterocycles. The normalized spacial score (nSPS) is 14.3. The number of nitrogens with one attached hydrogen (secondary N) is 1. The Balaban J connectivity index is 2.15. The van der Waals surface area contributed by atoms with Crippen molar-refractivity contribution in [2.45, 2.75) is 32.6 Å². The van der Waals surface area contributed by atoms with Gasteiger partial charge in [-0.05, 0) is 44.9 Å². The predicted octanol–water partition coefficient (Wildman–Crippen LogP) is 5.07. The molecule has 0 spiro atoms. The van der Waals surface area contributed by atoms with Crippen LogP contribution in [0.3, 0.4) is 0 Å². The molecule has 2 aromatic rings. The second kappa shape index (κ2) is 5.82. The van der Waals surface area contributed by atoms with Gasteiger partial charge in [-0.3, -0.25) is 0 Å². The molecule has 1 fully saturated rings. The molecule has 0 unspecified atom stereocenters. The molecule has 0 bridgehead atoms. The molecule has 21 heavy (non-hydrogen) atoms. The highest BCUT2D eigenvalue weighted by molar-refractivity contribution is 6.35. The van der Waals surface area contributed by atoms with Gasteiger partial charge in [-0.15, -0.1) is 0 Å². The fourth-order valence-corrected chi connectivity index (χ4v) is 2.90. The first-order chi connectivity index (χ1) is 10.1. The van der Waals surface area contributed by atoms with Crippen LogP contribution in [0.2, 0.25) is 10.0 Å². The quantitative estimate of drug-likeness (QED) is 0.854. The van der Waals surface area contributed by atoms with Crippen molar-refractivity contribution >= 4 is 29.0 Å². The minimum atomic E-state index is 0.497. The third kappa shape index (κ3) is 3.14. The highest BCUT2D eigenvalue weighted by atomic mass is 35.5. The predicted molar refractivity (Wildman–Crippen MR) is 88.4 cm³/mol. The molecule has 1 aliphatic carbocycles. The van der Waals surface area contributed by atoms with Gasteiger partial charge in [0.25, 0.3) is 0 Å². The lowest BCUT2D eigenvalue weighted by atomic mass is 10.1. The van der Waals surface area contributed by atoms with Gasteiger partial charge in [0.15, 0.2) is 0 Å². The van der Waals surface area contributed by atoms with E-state index < -0.39 is 0 Å². The second-order valence-electron chi connectivity index (χ2n) is 5.37. The Bertz CT molecular complexity index is 661. The smallest absolute Gasteiger partial charge is 0.134 e. The molecule has 1 N–H and O–H groups in total. The zero-order chi connectivity index (χ0) is 15.0. The van der Waals surface area contributed by atoms with Crippen molar-refractivity contribution < 1.29 is 0 Å². The van der Waals surface area contributed by atoms with Gasteiger partial charge in [0.05, 0.1) is 5.69 Å². The number of nitrogens with zero attached hydrogens (tertiary/aromatic N) is 2. The van der Waals surface area contributed by atoms with Gasteiger partial charge in [-0.25, -0.2) is 9.97 Å². The van der Waals surface area contributed by atoms with E-state index in [-0.39, 0.29) is 0 Å². The summed E-state index contributed by atoms with van der Waals surface area (Å²) >= 11 is 12.2. The van der Waals surface area contributed by atoms with E-state index in [0.717, 1.165) is 35.0 Å². The summed E-state index contributed by atoms with van der Waals surface area (Å²) in [6, 6.07) is 5.53. The third-order valence-electron chi connectivity index (χ3n) is 3.59. The average molecular weight is 322 g/mol. The number of halogens is 2. The van der Waals surface area contributed by atoms with Crippen LogP contribution >= 0.6 is 23.2 Å². The standard InChI is InChI=1S/C16H17Cl2N3/c1-3-19-15-9(2)14(20-16(21-15)10-4-5-10)11-6-12(17)8-13(18)7-11/h6-8,10H,3-5H2,1-2H3,(H,19,20,21). The number of benzene rings is 1. The van der Waals surface area contributed by atoms with Gasteiger partial charge in [-0.1, -0.05) is 23.2 Å². The van der Waals surface area contributed by atoms with E-state index in [0.29, 0.717) is 16.0 Å². The Morgan fingerprint density at radius 1 is 1.14 bits per heavy atom. The fourth-order valence-electron chi connectivity index (χ4n) is 2.37. The maximum atomic E-state index is 6.12. The summed E-state index contributed by atoms with van der Waals surface area (Å²) in [6.45, 7) is 4.92. The van der Waals surface area contributed by atoms with Gasteiger partial charge in [-0.2, -0.15) is 0 Å². The summed E-state index contributed by atoms with van der Waals surface area (Å²) in [5.74, 6) is 2.32. The summed E-state index contributed by atoms with van der Waals surface area (Å²) in [6.07, 6.45) is 2.34. The van der Waals surface area contributed by atoms with Gasteiger partial charge in [0, 0.05) is 33.6 Å². The number of hydrogen-bond donors (Lipinski definition) is 1. The lowest BCUT2D eigenvalue weighted by Gasteiger charge is -2.14. The monoisotopic (exact) mass is 321 g/mol. The van der Waals surface area contributed by atoms with Crippen molar-refractivity contribution in [3.63, 3.8) is 0 Å². The zero-order valence-electron chi connectivity index (χ0n) is 12.1. The summed E-state index contributed by atoms with van der Waals surface area (Å²) in [5.41, 5.74) is 2.88. The maximum Gasteiger partial charge on any atom is 0.134 e. The summed E-state index contributed by atoms with van der Waals surface area (Å²) in [7, 11) is 0. The Hall–Kier alpha value is -1.32. The second-order valence-corrected chi connectivity index (χ2v) is 6.24. The molecule has 1 saturated carbocycles. The fraction of sp³-hybridized carbons (Fsp3) is 0.375. The van der Waals surface area contributed by atoms with Crippen LogP contribution in [0.5, 0.6) is 0 Å². The number of rotatable bonds is 4. The first-order valence-electron chi connectivity index (χ1n) is 7.17. The van der Waals surface area contributed by atoms with Crippen LogP contribution in [0.15, 0.2) is 18.2 Å². The van der Waals surface area contributed by atoms with Crippen molar-refractivity contribution in [2.75, 3.05) is 11.9 Å². The Labute approximate surface area is 134 Å². The van der Waals surface area contributed by atoms with Gasteiger partial charge in [0.2, 0.25) is 0 Å². The molecule has 0 amide bonds. The van der Waals surface area contributed by atoms with Gasteiger partial charge in [0.1, 0.15) is 11.6 Å². The molecule has 3 nitrogen and oxygen atoms in total. The molecule has 3 rings (SSSR count). The van der Waals surface area contributed by atoms with Crippen LogP contribution in [0.4, 0.5) is 5.82 Å². The summed E-state index contributed by atoms with van der Waals surface area (Å²) in [4.78, 5) is 9.43. The molecule has 1 heterocycles. The Morgan fingerprint density at radius 2 is 1.81 bits per heavy atom. The topological polar surface area (TPSA) is 37.8 Å². The number of anilines is 1. The van der Waals surface area contributed by atoms with Crippen molar-refractivity contribution in [1.82, 2.24) is 9.97 Å². The van der Waals surface area contributed by atoms with E-state index in [1.165, 1.54) is 12.8 Å². The van der Waals surface area contributed by atoms with E-state index in [2.05, 4.69) is 17.2 Å². The first kappa shape index (κ1) is 14.6. The summed E-state index contributed by atoms with van der Waals surface area (Å²) in [5, 5.41) is 4.56. The molecule has 1 aromatic carbocycles. The van der Waals surface area contributed by atoms with E-state index >= 15 is 0 Å². The van der Waals surface area contributed by atoms with Crippen LogP contribution in [-0.4, -0.2) is 16.5 Å². The molecule has 0 aliphatic heterocycles. The molecule has 5 heteroatoms. The molecule has 0 atom stereocenters. The molecule has 0 radical (unpaired) electrons. The van der Waals surface area contributed by atoms with Crippen LogP contribution in [0, 0.1) is 6.92 Å². The molecule has 1 aromatic heterocycles. The van der Waals surface area contributed by atoms with Crippen LogP contribution in [0.25, 0.3) is 11.3 Å². The van der Waals surface area contributed by atoms with Crippen molar-refractivity contribution in [1.29, 1.82) is 0 Å². The van der Waals surface area contributed by atoms with E-state index in [1.54, 1.807) is 6.07 Å². The summed E-state index contributed by atoms with van der Waals surface area (Å²) < 4.78 is 0. The lowest BCUT2D eigenvalue weighted by Crippen LogP contribution is -2.07. The van der Waals surface area contributed by atoms with Gasteiger partial charge >= 0.3 is 0 Å². The Kier molecular flexibility index (Phi) is 4.05. The van der Waals surface area contributed by atoms with Crippen LogP contribution in [-0.2, 0) is 0 Å². The van der Waals surface area contributed by atoms with Crippen molar-refractivity contribution in [3.05, 3.63) is 39.6 Å². The minimum absolute atomic E-state index is 0.497. The lowest BCUT2D eigenvalue weighted by molar-refractivity contribution is 0.918. The number of aromatic nitrogens is 2. The molecular formula is C16H17Cl2N3. The van der Waals surface area contributed by atoms with Crippen molar-refractivity contribution in [3.8, 4) is 11.3 Å². The van der Waals surface area contributed by atoms with E-state index in [4.69, 9.17) is 28.2 Å². The third-order valence-corrected chi connectivity index (χ3v) is 4.02. The SMILES string of the molecule is CCNc1nc(C2CC2)nc(-c2cc(Cl)cc(Cl)c2)c1C. The highest BCUT2D eigenvalue weighted by Gasteiger charge is 2.28. The van der Waals surface area contributed by atoms with Gasteiger partial charge < -0.3 is 5.32 Å². The first-order valence-corrected chi connectivity index (χ1v) is 7.93. The van der Waals surface area contributed by atoms with Crippen LogP contribution < -0.4 is 5.32 Å². The van der Waals surface area contributed by atoms with E-state index in [9.17, 15) is 0 Å². The molecule has 110 valence electrons. The number of hydrogen-bond acceptors (Lipinski definition) is 3. The largest absolute Gasteiger partial charge is 0.370 e. The molecule has 1 aliphatic rings.